The predicted octanol–water partition coefficient (Wildman–Crippen LogP) is 5.07. The van der Waals surface area contributed by atoms with E-state index in [1.54, 1.807) is 36.4 Å². The third-order valence-electron chi connectivity index (χ3n) is 6.28. The molecule has 0 saturated heterocycles. The van der Waals surface area contributed by atoms with Gasteiger partial charge in [0.25, 0.3) is 5.91 Å². The SMILES string of the molecule is O=C(Nc1ccc(-c2cc(C3CCC3)n(C(=O)NCc3ccc(F)cc3)n2)c(O)c1)c1ccncc1. The van der Waals surface area contributed by atoms with Crippen LogP contribution in [0.5, 0.6) is 5.75 Å². The van der Waals surface area contributed by atoms with Gasteiger partial charge >= 0.3 is 6.03 Å². The number of nitrogens with one attached hydrogen (secondary N) is 2. The van der Waals surface area contributed by atoms with Gasteiger partial charge in [-0.1, -0.05) is 18.6 Å². The Morgan fingerprint density at radius 3 is 2.44 bits per heavy atom. The third-order valence-corrected chi connectivity index (χ3v) is 6.28. The van der Waals surface area contributed by atoms with Gasteiger partial charge in [-0.15, -0.1) is 0 Å². The highest BCUT2D eigenvalue weighted by molar-refractivity contribution is 6.04. The third kappa shape index (κ3) is 4.95. The van der Waals surface area contributed by atoms with Gasteiger partial charge in [-0.25, -0.2) is 9.18 Å². The lowest BCUT2D eigenvalue weighted by atomic mass is 9.82. The van der Waals surface area contributed by atoms with Crippen molar-refractivity contribution < 1.29 is 19.1 Å². The van der Waals surface area contributed by atoms with E-state index in [9.17, 15) is 19.1 Å². The Morgan fingerprint density at radius 2 is 1.78 bits per heavy atom. The number of phenols is 1. The van der Waals surface area contributed by atoms with E-state index in [0.717, 1.165) is 30.5 Å². The van der Waals surface area contributed by atoms with Crippen LogP contribution in [0.2, 0.25) is 0 Å². The molecule has 0 spiro atoms. The fraction of sp³-hybridized carbons (Fsp3) is 0.185. The van der Waals surface area contributed by atoms with Crippen LogP contribution >= 0.6 is 0 Å². The molecule has 4 aromatic rings. The van der Waals surface area contributed by atoms with E-state index in [1.165, 1.54) is 35.3 Å². The number of amides is 2. The van der Waals surface area contributed by atoms with Crippen LogP contribution in [0.3, 0.4) is 0 Å². The van der Waals surface area contributed by atoms with Gasteiger partial charge in [-0.3, -0.25) is 9.78 Å². The van der Waals surface area contributed by atoms with Crippen LogP contribution in [0.1, 0.15) is 46.8 Å². The second-order valence-corrected chi connectivity index (χ2v) is 8.70. The van der Waals surface area contributed by atoms with Crippen molar-refractivity contribution in [3.63, 3.8) is 0 Å². The minimum Gasteiger partial charge on any atom is -0.507 e. The predicted molar refractivity (Wildman–Crippen MR) is 132 cm³/mol. The number of hydrogen-bond donors (Lipinski definition) is 3. The van der Waals surface area contributed by atoms with E-state index in [-0.39, 0.29) is 29.9 Å². The first-order valence-corrected chi connectivity index (χ1v) is 11.7. The van der Waals surface area contributed by atoms with Crippen molar-refractivity contribution in [2.45, 2.75) is 31.7 Å². The number of pyridine rings is 1. The second-order valence-electron chi connectivity index (χ2n) is 8.70. The molecule has 2 amide bonds. The minimum atomic E-state index is -0.395. The Morgan fingerprint density at radius 1 is 1.03 bits per heavy atom. The molecule has 1 aliphatic carbocycles. The highest BCUT2D eigenvalue weighted by Gasteiger charge is 2.27. The van der Waals surface area contributed by atoms with Crippen molar-refractivity contribution in [2.75, 3.05) is 5.32 Å². The van der Waals surface area contributed by atoms with Gasteiger partial charge in [0, 0.05) is 47.7 Å². The molecule has 0 aliphatic heterocycles. The van der Waals surface area contributed by atoms with Gasteiger partial charge in [0.15, 0.2) is 0 Å². The lowest BCUT2D eigenvalue weighted by Crippen LogP contribution is -2.31. The number of anilines is 1. The quantitative estimate of drug-likeness (QED) is 0.353. The molecule has 182 valence electrons. The lowest BCUT2D eigenvalue weighted by Gasteiger charge is -2.25. The largest absolute Gasteiger partial charge is 0.507 e. The molecular formula is C27H24FN5O3. The molecule has 9 heteroatoms. The van der Waals surface area contributed by atoms with E-state index in [1.807, 2.05) is 6.07 Å². The van der Waals surface area contributed by atoms with Crippen LogP contribution in [0.15, 0.2) is 73.1 Å². The number of carbonyl (C=O) groups is 2. The number of aromatic hydroxyl groups is 1. The van der Waals surface area contributed by atoms with Crippen LogP contribution in [0.4, 0.5) is 14.9 Å². The van der Waals surface area contributed by atoms with E-state index in [4.69, 9.17) is 0 Å². The van der Waals surface area contributed by atoms with Crippen molar-refractivity contribution in [2.24, 2.45) is 0 Å². The second kappa shape index (κ2) is 9.99. The van der Waals surface area contributed by atoms with Crippen LogP contribution < -0.4 is 10.6 Å². The van der Waals surface area contributed by atoms with Crippen LogP contribution in [-0.2, 0) is 6.54 Å². The fourth-order valence-electron chi connectivity index (χ4n) is 4.07. The van der Waals surface area contributed by atoms with Gasteiger partial charge in [0.05, 0.1) is 11.4 Å². The first-order chi connectivity index (χ1) is 17.5. The van der Waals surface area contributed by atoms with E-state index >= 15 is 0 Å². The number of phenolic OH excluding ortho intramolecular Hbond substituents is 1. The Balaban J connectivity index is 1.36. The monoisotopic (exact) mass is 485 g/mol. The number of halogens is 1. The van der Waals surface area contributed by atoms with Gasteiger partial charge in [-0.05, 0) is 60.9 Å². The summed E-state index contributed by atoms with van der Waals surface area (Å²) in [7, 11) is 0. The summed E-state index contributed by atoms with van der Waals surface area (Å²) in [6.45, 7) is 0.232. The molecule has 36 heavy (non-hydrogen) atoms. The Bertz CT molecular complexity index is 1400. The number of carbonyl (C=O) groups excluding carboxylic acids is 2. The van der Waals surface area contributed by atoms with Crippen LogP contribution in [0.25, 0.3) is 11.3 Å². The summed E-state index contributed by atoms with van der Waals surface area (Å²) >= 11 is 0. The highest BCUT2D eigenvalue weighted by atomic mass is 19.1. The van der Waals surface area contributed by atoms with Gasteiger partial charge in [-0.2, -0.15) is 9.78 Å². The number of hydrogen-bond acceptors (Lipinski definition) is 5. The molecule has 0 unspecified atom stereocenters. The fourth-order valence-corrected chi connectivity index (χ4v) is 4.07. The minimum absolute atomic E-state index is 0.0703. The van der Waals surface area contributed by atoms with Crippen molar-refractivity contribution in [1.82, 2.24) is 20.1 Å². The molecule has 8 nitrogen and oxygen atoms in total. The summed E-state index contributed by atoms with van der Waals surface area (Å²) in [6.07, 6.45) is 6.06. The zero-order chi connectivity index (χ0) is 25.1. The summed E-state index contributed by atoms with van der Waals surface area (Å²) < 4.78 is 14.5. The molecule has 2 aromatic carbocycles. The van der Waals surface area contributed by atoms with E-state index < -0.39 is 6.03 Å². The maximum absolute atomic E-state index is 13.2. The zero-order valence-corrected chi connectivity index (χ0v) is 19.3. The number of rotatable bonds is 6. The summed E-state index contributed by atoms with van der Waals surface area (Å²) in [5.41, 5.74) is 3.32. The molecule has 1 aliphatic rings. The summed E-state index contributed by atoms with van der Waals surface area (Å²) in [5, 5.41) is 20.8. The standard InChI is InChI=1S/C27H24FN5O3/c28-20-6-4-17(5-7-20)16-30-27(36)33-24(18-2-1-3-18)15-23(32-33)22-9-8-21(14-25(22)34)31-26(35)19-10-12-29-13-11-19/h4-15,18,34H,1-3,16H2,(H,30,36)(H,31,35). The van der Waals surface area contributed by atoms with Crippen LogP contribution in [0, 0.1) is 5.82 Å². The smallest absolute Gasteiger partial charge is 0.342 e. The molecular weight excluding hydrogens is 461 g/mol. The molecule has 1 fully saturated rings. The van der Waals surface area contributed by atoms with Crippen molar-refractivity contribution in [1.29, 1.82) is 0 Å². The first kappa shape index (κ1) is 23.2. The number of benzene rings is 2. The molecule has 5 rings (SSSR count). The highest BCUT2D eigenvalue weighted by Crippen LogP contribution is 2.39. The Labute approximate surface area is 206 Å². The zero-order valence-electron chi connectivity index (χ0n) is 19.3. The van der Waals surface area contributed by atoms with Gasteiger partial charge in [0.1, 0.15) is 11.6 Å². The normalized spacial score (nSPS) is 13.1. The first-order valence-electron chi connectivity index (χ1n) is 11.7. The average Bonchev–Trinajstić information content (AvgIpc) is 3.27. The van der Waals surface area contributed by atoms with E-state index in [0.29, 0.717) is 22.5 Å². The molecule has 1 saturated carbocycles. The molecule has 0 radical (unpaired) electrons. The van der Waals surface area contributed by atoms with Gasteiger partial charge in [0.2, 0.25) is 0 Å². The average molecular weight is 486 g/mol. The van der Waals surface area contributed by atoms with Gasteiger partial charge < -0.3 is 15.7 Å². The van der Waals surface area contributed by atoms with Crippen molar-refractivity contribution >= 4 is 17.6 Å². The summed E-state index contributed by atoms with van der Waals surface area (Å²) in [6, 6.07) is 15.3. The molecule has 0 atom stereocenters. The maximum atomic E-state index is 13.2. The number of nitrogens with zero attached hydrogens (tertiary/aromatic N) is 3. The molecule has 2 heterocycles. The molecule has 0 bridgehead atoms. The molecule has 3 N–H and O–H groups in total. The van der Waals surface area contributed by atoms with E-state index in [2.05, 4.69) is 20.7 Å². The lowest BCUT2D eigenvalue weighted by molar-refractivity contribution is 0.102. The van der Waals surface area contributed by atoms with Crippen molar-refractivity contribution in [3.05, 3.63) is 95.7 Å². The summed E-state index contributed by atoms with van der Waals surface area (Å²) in [4.78, 5) is 29.3. The van der Waals surface area contributed by atoms with Crippen LogP contribution in [-0.4, -0.2) is 31.8 Å². The Hall–Kier alpha value is -4.53. The number of aromatic nitrogens is 3. The van der Waals surface area contributed by atoms with Crippen molar-refractivity contribution in [3.8, 4) is 17.0 Å². The maximum Gasteiger partial charge on any atom is 0.342 e. The topological polar surface area (TPSA) is 109 Å². The molecule has 2 aromatic heterocycles. The summed E-state index contributed by atoms with van der Waals surface area (Å²) in [5.74, 6) is -0.515. The Kier molecular flexibility index (Phi) is 6.44.